The highest BCUT2D eigenvalue weighted by Gasteiger charge is 2.70. The fraction of sp³-hybridized carbons (Fsp3) is 0.667. The van der Waals surface area contributed by atoms with Crippen molar-refractivity contribution in [3.63, 3.8) is 0 Å². The number of allylic oxidation sites excluding steroid dienone is 2. The molecule has 44 heavy (non-hydrogen) atoms. The SMILES string of the molecule is C[C@]12CCSSC[C@]34CC[C@H](CC#Cc5ccccc5C[C@H]3CN=C(N)N4)C3=C4C[C@H]1C[C@H](CO)[C@@H](CCCO)[C@@]42CC3=O. The second-order valence-electron chi connectivity index (χ2n) is 14.6. The third-order valence-electron chi connectivity index (χ3n) is 12.8. The second-order valence-corrected chi connectivity index (χ2v) is 17.2. The van der Waals surface area contributed by atoms with E-state index < -0.39 is 0 Å². The highest BCUT2D eigenvalue weighted by atomic mass is 33.1. The second kappa shape index (κ2) is 12.0. The molecule has 8 atom stereocenters. The molecule has 1 aromatic rings. The Morgan fingerprint density at radius 3 is 2.86 bits per heavy atom. The summed E-state index contributed by atoms with van der Waals surface area (Å²) in [6.07, 6.45) is 8.58. The number of nitrogens with one attached hydrogen (secondary N) is 1. The van der Waals surface area contributed by atoms with Gasteiger partial charge in [0.15, 0.2) is 11.7 Å². The van der Waals surface area contributed by atoms with Gasteiger partial charge >= 0.3 is 0 Å². The van der Waals surface area contributed by atoms with Crippen LogP contribution in [0.2, 0.25) is 0 Å². The number of guanidine groups is 1. The minimum absolute atomic E-state index is 0.00809. The third kappa shape index (κ3) is 4.79. The number of carbonyl (C=O) groups is 1. The van der Waals surface area contributed by atoms with Crippen LogP contribution >= 0.6 is 21.6 Å². The molecule has 2 saturated carbocycles. The summed E-state index contributed by atoms with van der Waals surface area (Å²) in [5, 5.41) is 24.3. The minimum Gasteiger partial charge on any atom is -0.396 e. The number of rotatable bonds is 4. The number of aliphatic hydroxyl groups is 2. The van der Waals surface area contributed by atoms with Gasteiger partial charge in [-0.05, 0) is 97.7 Å². The number of hydrogen-bond donors (Lipinski definition) is 4. The number of nitrogens with two attached hydrogens (primary N) is 1. The van der Waals surface area contributed by atoms with Crippen molar-refractivity contribution in [2.24, 2.45) is 51.1 Å². The topological polar surface area (TPSA) is 108 Å². The molecule has 2 aliphatic heterocycles. The molecule has 0 radical (unpaired) electrons. The molecule has 7 rings (SSSR count). The maximum Gasteiger partial charge on any atom is 0.189 e. The maximum absolute atomic E-state index is 14.5. The van der Waals surface area contributed by atoms with Gasteiger partial charge in [0.05, 0.1) is 5.54 Å². The first-order valence-corrected chi connectivity index (χ1v) is 19.2. The molecule has 2 heterocycles. The summed E-state index contributed by atoms with van der Waals surface area (Å²) in [5.74, 6) is 11.2. The van der Waals surface area contributed by atoms with Crippen molar-refractivity contribution in [3.8, 4) is 11.8 Å². The van der Waals surface area contributed by atoms with Gasteiger partial charge in [-0.3, -0.25) is 9.79 Å². The molecule has 5 N–H and O–H groups in total. The predicted molar refractivity (Wildman–Crippen MR) is 180 cm³/mol. The molecule has 7 bridgehead atoms. The first kappa shape index (κ1) is 30.7. The molecule has 236 valence electrons. The van der Waals surface area contributed by atoms with E-state index in [1.165, 1.54) is 11.1 Å². The van der Waals surface area contributed by atoms with Crippen molar-refractivity contribution >= 4 is 33.3 Å². The number of Topliss-reactive ketones (excluding diaryl/α,β-unsaturated/α-hetero) is 1. The monoisotopic (exact) mass is 633 g/mol. The van der Waals surface area contributed by atoms with Crippen LogP contribution in [-0.2, 0) is 11.2 Å². The van der Waals surface area contributed by atoms with E-state index in [1.54, 1.807) is 0 Å². The fourth-order valence-corrected chi connectivity index (χ4v) is 13.5. The lowest BCUT2D eigenvalue weighted by Crippen LogP contribution is -2.62. The smallest absolute Gasteiger partial charge is 0.189 e. The summed E-state index contributed by atoms with van der Waals surface area (Å²) in [5.41, 5.74) is 10.8. The molecule has 1 aromatic carbocycles. The zero-order valence-electron chi connectivity index (χ0n) is 25.9. The Hall–Kier alpha value is -1.92. The van der Waals surface area contributed by atoms with E-state index in [2.05, 4.69) is 48.3 Å². The van der Waals surface area contributed by atoms with Crippen molar-refractivity contribution in [2.45, 2.75) is 76.7 Å². The lowest BCUT2D eigenvalue weighted by atomic mass is 9.47. The third-order valence-corrected chi connectivity index (χ3v) is 15.3. The lowest BCUT2D eigenvalue weighted by Gasteiger charge is -2.57. The van der Waals surface area contributed by atoms with Crippen LogP contribution in [-0.4, -0.2) is 58.8 Å². The Labute approximate surface area is 270 Å². The summed E-state index contributed by atoms with van der Waals surface area (Å²) in [4.78, 5) is 19.2. The van der Waals surface area contributed by atoms with Gasteiger partial charge in [-0.1, -0.05) is 64.1 Å². The quantitative estimate of drug-likeness (QED) is 0.269. The zero-order chi connectivity index (χ0) is 30.5. The Kier molecular flexibility index (Phi) is 8.40. The largest absolute Gasteiger partial charge is 0.396 e. The van der Waals surface area contributed by atoms with Crippen LogP contribution in [0.3, 0.4) is 0 Å². The van der Waals surface area contributed by atoms with Gasteiger partial charge in [-0.2, -0.15) is 0 Å². The summed E-state index contributed by atoms with van der Waals surface area (Å²) in [7, 11) is 3.95. The van der Waals surface area contributed by atoms with E-state index in [0.29, 0.717) is 37.0 Å². The fourth-order valence-electron chi connectivity index (χ4n) is 10.6. The molecule has 2 spiro atoms. The van der Waals surface area contributed by atoms with Crippen LogP contribution in [0.4, 0.5) is 0 Å². The molecule has 0 aromatic heterocycles. The van der Waals surface area contributed by atoms with Gasteiger partial charge in [-0.25, -0.2) is 0 Å². The molecular formula is C36H47N3O3S2. The van der Waals surface area contributed by atoms with E-state index in [0.717, 1.165) is 74.0 Å². The summed E-state index contributed by atoms with van der Waals surface area (Å²) >= 11 is 0. The minimum atomic E-state index is -0.225. The van der Waals surface area contributed by atoms with Crippen LogP contribution in [0.5, 0.6) is 0 Å². The molecule has 0 saturated heterocycles. The van der Waals surface area contributed by atoms with Crippen LogP contribution in [0.25, 0.3) is 0 Å². The Balaban J connectivity index is 1.39. The van der Waals surface area contributed by atoms with Crippen molar-refractivity contribution in [1.82, 2.24) is 5.32 Å². The molecule has 0 amide bonds. The first-order chi connectivity index (χ1) is 21.3. The highest BCUT2D eigenvalue weighted by Crippen LogP contribution is 2.75. The number of aliphatic hydroxyl groups excluding tert-OH is 2. The molecule has 6 nitrogen and oxygen atoms in total. The number of nitrogens with zero attached hydrogens (tertiary/aromatic N) is 1. The molecule has 0 unspecified atom stereocenters. The molecule has 4 aliphatic carbocycles. The van der Waals surface area contributed by atoms with Crippen molar-refractivity contribution in [1.29, 1.82) is 0 Å². The molecular weight excluding hydrogens is 587 g/mol. The average Bonchev–Trinajstić information content (AvgIpc) is 3.34. The molecule has 2 fully saturated rings. The molecule has 6 aliphatic rings. The van der Waals surface area contributed by atoms with E-state index in [9.17, 15) is 15.0 Å². The first-order valence-electron chi connectivity index (χ1n) is 16.7. The average molecular weight is 634 g/mol. The summed E-state index contributed by atoms with van der Waals surface area (Å²) in [6, 6.07) is 8.53. The van der Waals surface area contributed by atoms with Crippen LogP contribution < -0.4 is 11.1 Å². The summed E-state index contributed by atoms with van der Waals surface area (Å²) in [6.45, 7) is 3.49. The lowest BCUT2D eigenvalue weighted by molar-refractivity contribution is -0.125. The van der Waals surface area contributed by atoms with Crippen molar-refractivity contribution in [2.75, 3.05) is 31.3 Å². The number of ketones is 1. The van der Waals surface area contributed by atoms with Crippen molar-refractivity contribution in [3.05, 3.63) is 46.5 Å². The standard InChI is InChI=1S/C36H47N3O3S2/c1-34-13-15-43-44-22-35-12-11-24(9-4-8-23-6-2-3-7-25(23)16-28(35)20-38-33(37)39-35)32-30-18-27(34)17-26(21-41)29(10-5-14-40)36(30,34)19-31(32)42/h2-3,6-7,24,26-29,40-41H,5,9-22H2,1H3,(H3,37,38,39)/t24-,26+,27+,28-,29+,34-,35+,36-/m0/s1. The normalized spacial score (nSPS) is 39.8. The number of hydrogen-bond acceptors (Lipinski definition) is 8. The van der Waals surface area contributed by atoms with E-state index in [-0.39, 0.29) is 53.3 Å². The van der Waals surface area contributed by atoms with Gasteiger partial charge in [-0.15, -0.1) is 0 Å². The van der Waals surface area contributed by atoms with Crippen LogP contribution in [0.1, 0.15) is 75.8 Å². The van der Waals surface area contributed by atoms with Crippen molar-refractivity contribution < 1.29 is 15.0 Å². The maximum atomic E-state index is 14.5. The van der Waals surface area contributed by atoms with Gasteiger partial charge < -0.3 is 21.3 Å². The van der Waals surface area contributed by atoms with E-state index in [4.69, 9.17) is 10.7 Å². The van der Waals surface area contributed by atoms with Gasteiger partial charge in [0.2, 0.25) is 0 Å². The number of benzene rings is 1. The van der Waals surface area contributed by atoms with E-state index >= 15 is 0 Å². The Bertz CT molecular complexity index is 1430. The van der Waals surface area contributed by atoms with E-state index in [1.807, 2.05) is 21.6 Å². The predicted octanol–water partition coefficient (Wildman–Crippen LogP) is 5.12. The summed E-state index contributed by atoms with van der Waals surface area (Å²) < 4.78 is 0. The molecule has 8 heteroatoms. The number of fused-ring (bicyclic) bond motifs is 4. The number of carbonyl (C=O) groups excluding carboxylic acids is 1. The van der Waals surface area contributed by atoms with Gasteiger partial charge in [0, 0.05) is 61.0 Å². The van der Waals surface area contributed by atoms with Crippen LogP contribution in [0.15, 0.2) is 40.4 Å². The Morgan fingerprint density at radius 2 is 2.02 bits per heavy atom. The zero-order valence-corrected chi connectivity index (χ0v) is 27.6. The van der Waals surface area contributed by atoms with Gasteiger partial charge in [0.25, 0.3) is 0 Å². The number of aliphatic imine (C=N–C) groups is 1. The van der Waals surface area contributed by atoms with Crippen LogP contribution in [0, 0.1) is 52.3 Å². The highest BCUT2D eigenvalue weighted by molar-refractivity contribution is 8.76. The van der Waals surface area contributed by atoms with Gasteiger partial charge in [0.1, 0.15) is 0 Å². The Morgan fingerprint density at radius 1 is 1.16 bits per heavy atom.